The molecule has 186 valence electrons. The second kappa shape index (κ2) is 16.3. The van der Waals surface area contributed by atoms with Gasteiger partial charge in [-0.05, 0) is 44.4 Å². The third-order valence-corrected chi connectivity index (χ3v) is 7.62. The van der Waals surface area contributed by atoms with E-state index in [0.717, 1.165) is 46.6 Å². The van der Waals surface area contributed by atoms with E-state index >= 15 is 0 Å². The van der Waals surface area contributed by atoms with Gasteiger partial charge >= 0.3 is 5.97 Å². The quantitative estimate of drug-likeness (QED) is 0.174. The van der Waals surface area contributed by atoms with Gasteiger partial charge in [-0.2, -0.15) is 0 Å². The van der Waals surface area contributed by atoms with Gasteiger partial charge in [0.25, 0.3) is 0 Å². The molecule has 1 unspecified atom stereocenters. The number of rotatable bonds is 15. The van der Waals surface area contributed by atoms with Gasteiger partial charge in [-0.1, -0.05) is 92.0 Å². The highest BCUT2D eigenvalue weighted by molar-refractivity contribution is 9.10. The summed E-state index contributed by atoms with van der Waals surface area (Å²) in [7, 11) is 1.31. The largest absolute Gasteiger partial charge is 0.467 e. The second-order valence-corrected chi connectivity index (χ2v) is 10.4. The number of halogens is 1. The number of amides is 1. The van der Waals surface area contributed by atoms with Crippen molar-refractivity contribution in [2.75, 3.05) is 17.8 Å². The Bertz CT molecular complexity index is 784. The Morgan fingerprint density at radius 2 is 1.58 bits per heavy atom. The zero-order valence-corrected chi connectivity index (χ0v) is 23.3. The summed E-state index contributed by atoms with van der Waals surface area (Å²) in [5.41, 5.74) is 2.43. The molecule has 0 bridgehead atoms. The number of unbranched alkanes of at least 4 members (excludes halogenated alkanes) is 8. The minimum absolute atomic E-state index is 0.00297. The first-order valence-corrected chi connectivity index (χ1v) is 13.8. The summed E-state index contributed by atoms with van der Waals surface area (Å²) in [5, 5.41) is 0.0275. The number of hydrogen-bond acceptors (Lipinski definition) is 5. The van der Waals surface area contributed by atoms with Crippen molar-refractivity contribution in [3.8, 4) is 0 Å². The SMILES string of the molecule is CCCCCCCCCCCC(=O)SCC(=O)N(c1c(C)ccc(Br)c1C)C(C)C(=O)OC. The molecule has 0 saturated heterocycles. The van der Waals surface area contributed by atoms with E-state index in [1.807, 2.05) is 26.0 Å². The monoisotopic (exact) mass is 541 g/mol. The molecule has 0 spiro atoms. The molecule has 1 amide bonds. The molecule has 0 heterocycles. The molecule has 0 N–H and O–H groups in total. The van der Waals surface area contributed by atoms with Crippen molar-refractivity contribution in [1.82, 2.24) is 0 Å². The van der Waals surface area contributed by atoms with Gasteiger partial charge in [0.1, 0.15) is 6.04 Å². The number of aryl methyl sites for hydroxylation is 1. The molecule has 1 aromatic rings. The fourth-order valence-corrected chi connectivity index (χ4v) is 4.89. The Kier molecular flexibility index (Phi) is 14.7. The van der Waals surface area contributed by atoms with Crippen LogP contribution in [-0.4, -0.2) is 35.9 Å². The molecule has 0 fully saturated rings. The molecular formula is C26H40BrNO4S. The predicted octanol–water partition coefficient (Wildman–Crippen LogP) is 7.14. The summed E-state index contributed by atoms with van der Waals surface area (Å²) in [5.74, 6) is -0.765. The number of anilines is 1. The first-order valence-electron chi connectivity index (χ1n) is 12.1. The molecule has 1 aromatic carbocycles. The summed E-state index contributed by atoms with van der Waals surface area (Å²) in [6.45, 7) is 7.68. The van der Waals surface area contributed by atoms with Gasteiger partial charge in [-0.3, -0.25) is 14.5 Å². The third-order valence-electron chi connectivity index (χ3n) is 5.85. The molecule has 0 radical (unpaired) electrons. The summed E-state index contributed by atoms with van der Waals surface area (Å²) in [6, 6.07) is 3.03. The van der Waals surface area contributed by atoms with E-state index in [4.69, 9.17) is 4.74 Å². The van der Waals surface area contributed by atoms with Crippen molar-refractivity contribution in [3.05, 3.63) is 27.7 Å². The summed E-state index contributed by atoms with van der Waals surface area (Å²) in [4.78, 5) is 39.3. The lowest BCUT2D eigenvalue weighted by atomic mass is 10.1. The number of thioether (sulfide) groups is 1. The van der Waals surface area contributed by atoms with Crippen LogP contribution in [0.4, 0.5) is 5.69 Å². The number of nitrogens with zero attached hydrogens (tertiary/aromatic N) is 1. The minimum atomic E-state index is -0.790. The summed E-state index contributed by atoms with van der Waals surface area (Å²) in [6.07, 6.45) is 11.3. The molecule has 0 aliphatic heterocycles. The zero-order valence-electron chi connectivity index (χ0n) is 20.9. The van der Waals surface area contributed by atoms with Crippen molar-refractivity contribution in [2.24, 2.45) is 0 Å². The van der Waals surface area contributed by atoms with Crippen molar-refractivity contribution in [3.63, 3.8) is 0 Å². The van der Waals surface area contributed by atoms with Crippen LogP contribution in [0.3, 0.4) is 0 Å². The molecule has 1 atom stereocenters. The van der Waals surface area contributed by atoms with Gasteiger partial charge in [0.15, 0.2) is 5.12 Å². The highest BCUT2D eigenvalue weighted by Gasteiger charge is 2.31. The van der Waals surface area contributed by atoms with E-state index in [1.165, 1.54) is 50.5 Å². The highest BCUT2D eigenvalue weighted by Crippen LogP contribution is 2.33. The van der Waals surface area contributed by atoms with Gasteiger partial charge in [-0.25, -0.2) is 4.79 Å². The van der Waals surface area contributed by atoms with Crippen LogP contribution < -0.4 is 4.90 Å². The molecular weight excluding hydrogens is 502 g/mol. The van der Waals surface area contributed by atoms with Gasteiger partial charge < -0.3 is 4.74 Å². The number of ether oxygens (including phenoxy) is 1. The minimum Gasteiger partial charge on any atom is -0.467 e. The third kappa shape index (κ3) is 10.2. The van der Waals surface area contributed by atoms with Gasteiger partial charge in [0.05, 0.1) is 18.6 Å². The number of benzene rings is 1. The molecule has 0 aliphatic rings. The number of esters is 1. The topological polar surface area (TPSA) is 63.7 Å². The van der Waals surface area contributed by atoms with Crippen molar-refractivity contribution in [2.45, 2.75) is 97.9 Å². The fourth-order valence-electron chi connectivity index (χ4n) is 3.86. The van der Waals surface area contributed by atoms with Crippen molar-refractivity contribution in [1.29, 1.82) is 0 Å². The van der Waals surface area contributed by atoms with Gasteiger partial charge in [0.2, 0.25) is 5.91 Å². The molecule has 0 aliphatic carbocycles. The summed E-state index contributed by atoms with van der Waals surface area (Å²) >= 11 is 4.55. The maximum atomic E-state index is 13.2. The average molecular weight is 543 g/mol. The number of carbonyl (C=O) groups excluding carboxylic acids is 3. The molecule has 0 saturated carbocycles. The number of methoxy groups -OCH3 is 1. The Labute approximate surface area is 212 Å². The van der Waals surface area contributed by atoms with Crippen LogP contribution in [-0.2, 0) is 19.1 Å². The van der Waals surface area contributed by atoms with E-state index in [1.54, 1.807) is 6.92 Å². The number of carbonyl (C=O) groups is 3. The average Bonchev–Trinajstić information content (AvgIpc) is 2.80. The van der Waals surface area contributed by atoms with Crippen LogP contribution in [0.15, 0.2) is 16.6 Å². The van der Waals surface area contributed by atoms with Crippen LogP contribution in [0, 0.1) is 13.8 Å². The lowest BCUT2D eigenvalue weighted by Crippen LogP contribution is -2.45. The summed E-state index contributed by atoms with van der Waals surface area (Å²) < 4.78 is 5.75. The number of hydrogen-bond donors (Lipinski definition) is 0. The first-order chi connectivity index (χ1) is 15.7. The van der Waals surface area contributed by atoms with Crippen LogP contribution in [0.1, 0.15) is 89.2 Å². The zero-order chi connectivity index (χ0) is 24.8. The van der Waals surface area contributed by atoms with Crippen LogP contribution >= 0.6 is 27.7 Å². The molecule has 7 heteroatoms. The molecule has 33 heavy (non-hydrogen) atoms. The lowest BCUT2D eigenvalue weighted by Gasteiger charge is -2.30. The van der Waals surface area contributed by atoms with E-state index in [0.29, 0.717) is 12.1 Å². The van der Waals surface area contributed by atoms with Crippen LogP contribution in [0.5, 0.6) is 0 Å². The van der Waals surface area contributed by atoms with Crippen molar-refractivity contribution >= 4 is 50.4 Å². The van der Waals surface area contributed by atoms with E-state index in [-0.39, 0.29) is 16.8 Å². The maximum Gasteiger partial charge on any atom is 0.328 e. The van der Waals surface area contributed by atoms with Gasteiger partial charge in [0, 0.05) is 10.9 Å². The standard InChI is InChI=1S/C26H40BrNO4S/c1-6-7-8-9-10-11-12-13-14-15-24(30)33-18-23(29)28(21(4)26(31)32-5)25-19(2)16-17-22(27)20(25)3/h16-17,21H,6-15,18H2,1-5H3. The Balaban J connectivity index is 2.61. The first kappa shape index (κ1) is 29.7. The maximum absolute atomic E-state index is 13.2. The van der Waals surface area contributed by atoms with E-state index in [9.17, 15) is 14.4 Å². The smallest absolute Gasteiger partial charge is 0.328 e. The Morgan fingerprint density at radius 3 is 2.15 bits per heavy atom. The predicted molar refractivity (Wildman–Crippen MR) is 142 cm³/mol. The van der Waals surface area contributed by atoms with E-state index in [2.05, 4.69) is 22.9 Å². The molecule has 5 nitrogen and oxygen atoms in total. The highest BCUT2D eigenvalue weighted by atomic mass is 79.9. The Hall–Kier alpha value is -1.34. The lowest BCUT2D eigenvalue weighted by molar-refractivity contribution is -0.142. The van der Waals surface area contributed by atoms with Crippen LogP contribution in [0.2, 0.25) is 0 Å². The van der Waals surface area contributed by atoms with Crippen LogP contribution in [0.25, 0.3) is 0 Å². The Morgan fingerprint density at radius 1 is 1.00 bits per heavy atom. The van der Waals surface area contributed by atoms with E-state index < -0.39 is 12.0 Å². The normalized spacial score (nSPS) is 11.8. The fraction of sp³-hybridized carbons (Fsp3) is 0.654. The second-order valence-electron chi connectivity index (χ2n) is 8.54. The van der Waals surface area contributed by atoms with Crippen molar-refractivity contribution < 1.29 is 19.1 Å². The van der Waals surface area contributed by atoms with Gasteiger partial charge in [-0.15, -0.1) is 0 Å². The molecule has 1 rings (SSSR count). The molecule has 0 aromatic heterocycles.